The maximum absolute atomic E-state index is 11.6. The van der Waals surface area contributed by atoms with Gasteiger partial charge >= 0.3 is 5.97 Å². The number of hydrogen-bond donors (Lipinski definition) is 1. The van der Waals surface area contributed by atoms with Gasteiger partial charge in [-0.05, 0) is 44.3 Å². The molecule has 0 radical (unpaired) electrons. The quantitative estimate of drug-likeness (QED) is 0.784. The minimum Gasteiger partial charge on any atom is -0.453 e. The number of carbonyl (C=O) groups is 1. The highest BCUT2D eigenvalue weighted by atomic mass is 16.5. The van der Waals surface area contributed by atoms with Crippen molar-refractivity contribution in [3.63, 3.8) is 0 Å². The van der Waals surface area contributed by atoms with Crippen molar-refractivity contribution in [3.05, 3.63) is 11.6 Å². The van der Waals surface area contributed by atoms with Crippen LogP contribution in [-0.4, -0.2) is 48.7 Å². The van der Waals surface area contributed by atoms with Crippen LogP contribution in [-0.2, 0) is 9.53 Å². The van der Waals surface area contributed by atoms with Gasteiger partial charge in [-0.2, -0.15) is 0 Å². The highest BCUT2D eigenvalue weighted by molar-refractivity contribution is 5.86. The lowest BCUT2D eigenvalue weighted by Gasteiger charge is -2.37. The van der Waals surface area contributed by atoms with E-state index in [1.165, 1.54) is 18.4 Å². The number of fused-ring (bicyclic) bond motifs is 3. The van der Waals surface area contributed by atoms with Crippen molar-refractivity contribution in [1.29, 1.82) is 0 Å². The highest BCUT2D eigenvalue weighted by Gasteiger charge is 2.41. The molecule has 0 aromatic rings. The maximum Gasteiger partial charge on any atom is 0.331 e. The molecule has 0 saturated carbocycles. The Morgan fingerprint density at radius 3 is 3.21 bits per heavy atom. The first-order chi connectivity index (χ1) is 9.28. The van der Waals surface area contributed by atoms with Crippen molar-refractivity contribution in [3.8, 4) is 0 Å². The average Bonchev–Trinajstić information content (AvgIpc) is 2.70. The van der Waals surface area contributed by atoms with Gasteiger partial charge in [-0.25, -0.2) is 4.79 Å². The van der Waals surface area contributed by atoms with Crippen molar-refractivity contribution in [1.82, 2.24) is 10.2 Å². The van der Waals surface area contributed by atoms with E-state index >= 15 is 0 Å². The highest BCUT2D eigenvalue weighted by Crippen LogP contribution is 2.33. The summed E-state index contributed by atoms with van der Waals surface area (Å²) in [6.07, 6.45) is 7.58. The predicted octanol–water partition coefficient (Wildman–Crippen LogP) is 1.46. The van der Waals surface area contributed by atoms with Gasteiger partial charge in [-0.1, -0.05) is 13.3 Å². The first-order valence-electron chi connectivity index (χ1n) is 7.66. The van der Waals surface area contributed by atoms with Gasteiger partial charge in [0.25, 0.3) is 0 Å². The summed E-state index contributed by atoms with van der Waals surface area (Å²) >= 11 is 0. The molecule has 3 heterocycles. The van der Waals surface area contributed by atoms with E-state index in [4.69, 9.17) is 4.74 Å². The molecular formula is C15H24N2O2. The van der Waals surface area contributed by atoms with Gasteiger partial charge in [-0.3, -0.25) is 4.90 Å². The lowest BCUT2D eigenvalue weighted by molar-refractivity contribution is -0.141. The van der Waals surface area contributed by atoms with Crippen LogP contribution in [0.2, 0.25) is 0 Å². The van der Waals surface area contributed by atoms with E-state index in [1.54, 1.807) is 6.08 Å². The molecule has 3 aliphatic heterocycles. The van der Waals surface area contributed by atoms with Crippen LogP contribution in [0.5, 0.6) is 0 Å². The molecule has 2 saturated heterocycles. The summed E-state index contributed by atoms with van der Waals surface area (Å²) in [7, 11) is 0. The fourth-order valence-corrected chi connectivity index (χ4v) is 3.67. The van der Waals surface area contributed by atoms with Crippen LogP contribution in [0.1, 0.15) is 39.0 Å². The van der Waals surface area contributed by atoms with Crippen molar-refractivity contribution in [2.45, 2.75) is 57.2 Å². The summed E-state index contributed by atoms with van der Waals surface area (Å²) in [4.78, 5) is 14.1. The number of nitrogens with one attached hydrogen (secondary N) is 1. The van der Waals surface area contributed by atoms with Crippen LogP contribution in [0.4, 0.5) is 0 Å². The van der Waals surface area contributed by atoms with Gasteiger partial charge in [0.15, 0.2) is 0 Å². The van der Waals surface area contributed by atoms with Gasteiger partial charge in [0, 0.05) is 18.7 Å². The molecular weight excluding hydrogens is 240 g/mol. The van der Waals surface area contributed by atoms with Gasteiger partial charge in [0.2, 0.25) is 0 Å². The van der Waals surface area contributed by atoms with Crippen LogP contribution in [0.3, 0.4) is 0 Å². The van der Waals surface area contributed by atoms with Crippen molar-refractivity contribution in [2.24, 2.45) is 0 Å². The zero-order valence-electron chi connectivity index (χ0n) is 11.7. The molecule has 1 N–H and O–H groups in total. The van der Waals surface area contributed by atoms with E-state index in [1.807, 2.05) is 0 Å². The normalized spacial score (nSPS) is 35.1. The van der Waals surface area contributed by atoms with Crippen LogP contribution in [0, 0.1) is 0 Å². The molecule has 0 amide bonds. The molecule has 0 spiro atoms. The second-order valence-corrected chi connectivity index (χ2v) is 5.99. The first kappa shape index (κ1) is 13.1. The second kappa shape index (κ2) is 5.63. The molecule has 106 valence electrons. The van der Waals surface area contributed by atoms with Crippen LogP contribution < -0.4 is 5.32 Å². The molecule has 4 nitrogen and oxygen atoms in total. The number of hydrogen-bond acceptors (Lipinski definition) is 4. The first-order valence-corrected chi connectivity index (χ1v) is 7.66. The Balaban J connectivity index is 1.79. The Morgan fingerprint density at radius 1 is 1.47 bits per heavy atom. The Labute approximate surface area is 115 Å². The zero-order chi connectivity index (χ0) is 13.2. The maximum atomic E-state index is 11.6. The third kappa shape index (κ3) is 2.70. The Bertz CT molecular complexity index is 380. The molecule has 1 unspecified atom stereocenters. The van der Waals surface area contributed by atoms with E-state index in [-0.39, 0.29) is 12.1 Å². The topological polar surface area (TPSA) is 41.6 Å². The third-order valence-corrected chi connectivity index (χ3v) is 4.55. The molecule has 19 heavy (non-hydrogen) atoms. The summed E-state index contributed by atoms with van der Waals surface area (Å²) in [5, 5.41) is 3.62. The van der Waals surface area contributed by atoms with Crippen molar-refractivity contribution in [2.75, 3.05) is 19.6 Å². The van der Waals surface area contributed by atoms with E-state index in [2.05, 4.69) is 17.1 Å². The summed E-state index contributed by atoms with van der Waals surface area (Å²) in [5.74, 6) is -0.137. The van der Waals surface area contributed by atoms with Crippen molar-refractivity contribution < 1.29 is 9.53 Å². The monoisotopic (exact) mass is 264 g/mol. The zero-order valence-corrected chi connectivity index (χ0v) is 11.7. The van der Waals surface area contributed by atoms with Crippen molar-refractivity contribution >= 4 is 5.97 Å². The molecule has 0 aliphatic carbocycles. The molecule has 3 atom stereocenters. The lowest BCUT2D eigenvalue weighted by Crippen LogP contribution is -2.49. The van der Waals surface area contributed by atoms with Gasteiger partial charge in [0.05, 0.1) is 6.04 Å². The fraction of sp³-hybridized carbons (Fsp3) is 0.800. The second-order valence-electron chi connectivity index (χ2n) is 5.99. The minimum absolute atomic E-state index is 0.0289. The smallest absolute Gasteiger partial charge is 0.331 e. The predicted molar refractivity (Wildman–Crippen MR) is 73.9 cm³/mol. The molecule has 0 aromatic heterocycles. The van der Waals surface area contributed by atoms with Gasteiger partial charge < -0.3 is 10.1 Å². The van der Waals surface area contributed by atoms with E-state index < -0.39 is 0 Å². The molecule has 3 rings (SSSR count). The number of rotatable bonds is 3. The average molecular weight is 264 g/mol. The minimum atomic E-state index is -0.137. The molecule has 2 fully saturated rings. The number of esters is 1. The number of nitrogens with zero attached hydrogens (tertiary/aromatic N) is 1. The molecule has 3 aliphatic rings. The van der Waals surface area contributed by atoms with Crippen LogP contribution in [0.15, 0.2) is 11.6 Å². The SMILES string of the molecule is CCCN[C@@H]1CC2=CC(=O)OC2[C@@H]2CCCCN2C1. The Morgan fingerprint density at radius 2 is 2.37 bits per heavy atom. The summed E-state index contributed by atoms with van der Waals surface area (Å²) in [6.45, 7) is 5.49. The fourth-order valence-electron chi connectivity index (χ4n) is 3.67. The molecule has 0 bridgehead atoms. The lowest BCUT2D eigenvalue weighted by atomic mass is 9.94. The summed E-state index contributed by atoms with van der Waals surface area (Å²) in [6, 6.07) is 0.881. The van der Waals surface area contributed by atoms with Crippen LogP contribution in [0.25, 0.3) is 0 Å². The number of piperidine rings is 1. The van der Waals surface area contributed by atoms with Gasteiger partial charge in [0.1, 0.15) is 6.10 Å². The Kier molecular flexibility index (Phi) is 3.89. The van der Waals surface area contributed by atoms with E-state index in [9.17, 15) is 4.79 Å². The number of carbonyl (C=O) groups excluding carboxylic acids is 1. The molecule has 4 heteroatoms. The van der Waals surface area contributed by atoms with E-state index in [0.717, 1.165) is 38.9 Å². The summed E-state index contributed by atoms with van der Waals surface area (Å²) in [5.41, 5.74) is 1.22. The Hall–Kier alpha value is -0.870. The van der Waals surface area contributed by atoms with E-state index in [0.29, 0.717) is 12.1 Å². The summed E-state index contributed by atoms with van der Waals surface area (Å²) < 4.78 is 5.57. The number of ether oxygens (including phenoxy) is 1. The standard InChI is InChI=1S/C15H24N2O2/c1-2-6-16-12-8-11-9-14(18)19-15(11)13-5-3-4-7-17(13)10-12/h9,12-13,15-16H,2-8,10H2,1H3/t12-,13+,15?/m1/s1. The third-order valence-electron chi connectivity index (χ3n) is 4.55. The van der Waals surface area contributed by atoms with Crippen LogP contribution >= 0.6 is 0 Å². The van der Waals surface area contributed by atoms with Gasteiger partial charge in [-0.15, -0.1) is 0 Å². The molecule has 0 aromatic carbocycles. The largest absolute Gasteiger partial charge is 0.453 e.